The molecule has 2 N–H and O–H groups in total. The Labute approximate surface area is 213 Å². The van der Waals surface area contributed by atoms with E-state index in [1.807, 2.05) is 13.8 Å². The zero-order chi connectivity index (χ0) is 24.8. The minimum Gasteiger partial charge on any atom is -0.479 e. The van der Waals surface area contributed by atoms with Crippen LogP contribution in [0.4, 0.5) is 0 Å². The van der Waals surface area contributed by atoms with Gasteiger partial charge in [0, 0.05) is 23.1 Å². The molecule has 10 heteroatoms. The number of ether oxygens (including phenoxy) is 2. The molecule has 6 nitrogen and oxygen atoms in total. The zero-order valence-electron chi connectivity index (χ0n) is 18.7. The fourth-order valence-corrected chi connectivity index (χ4v) is 3.54. The summed E-state index contributed by atoms with van der Waals surface area (Å²) in [7, 11) is 0. The SMILES string of the molecule is CC(Oc1ccc(Cl)cc1Cl)C(=O)NCC(C)(C)CNC(=O)C(C)Oc1ccc(Cl)cc1Cl. The van der Waals surface area contributed by atoms with Gasteiger partial charge in [-0.1, -0.05) is 60.3 Å². The van der Waals surface area contributed by atoms with Crippen molar-refractivity contribution in [1.29, 1.82) is 0 Å². The molecule has 0 aliphatic heterocycles. The third kappa shape index (κ3) is 8.78. The number of carbonyl (C=O) groups is 2. The summed E-state index contributed by atoms with van der Waals surface area (Å²) in [5.41, 5.74) is -0.430. The van der Waals surface area contributed by atoms with Crippen molar-refractivity contribution in [3.63, 3.8) is 0 Å². The van der Waals surface area contributed by atoms with Crippen molar-refractivity contribution in [2.75, 3.05) is 13.1 Å². The fraction of sp³-hybridized carbons (Fsp3) is 0.391. The average Bonchev–Trinajstić information content (AvgIpc) is 2.74. The number of carbonyl (C=O) groups excluding carboxylic acids is 2. The number of benzene rings is 2. The van der Waals surface area contributed by atoms with Gasteiger partial charge >= 0.3 is 0 Å². The second kappa shape index (κ2) is 12.0. The van der Waals surface area contributed by atoms with E-state index in [0.717, 1.165) is 0 Å². The van der Waals surface area contributed by atoms with Crippen molar-refractivity contribution in [1.82, 2.24) is 10.6 Å². The largest absolute Gasteiger partial charge is 0.479 e. The summed E-state index contributed by atoms with van der Waals surface area (Å²) in [6.07, 6.45) is -1.54. The van der Waals surface area contributed by atoms with Crippen LogP contribution >= 0.6 is 46.4 Å². The summed E-state index contributed by atoms with van der Waals surface area (Å²) in [5.74, 6) is 0.110. The van der Waals surface area contributed by atoms with Gasteiger partial charge in [-0.2, -0.15) is 0 Å². The Morgan fingerprint density at radius 2 is 1.15 bits per heavy atom. The van der Waals surface area contributed by atoms with Gasteiger partial charge in [-0.05, 0) is 55.7 Å². The first kappa shape index (κ1) is 27.4. The van der Waals surface area contributed by atoms with Crippen LogP contribution in [-0.2, 0) is 9.59 Å². The van der Waals surface area contributed by atoms with Crippen LogP contribution in [0.3, 0.4) is 0 Å². The van der Waals surface area contributed by atoms with Crippen LogP contribution in [0.25, 0.3) is 0 Å². The summed E-state index contributed by atoms with van der Waals surface area (Å²) < 4.78 is 11.2. The number of rotatable bonds is 10. The molecule has 0 spiro atoms. The van der Waals surface area contributed by atoms with E-state index >= 15 is 0 Å². The molecule has 0 radical (unpaired) electrons. The van der Waals surface area contributed by atoms with E-state index in [0.29, 0.717) is 44.7 Å². The van der Waals surface area contributed by atoms with Crippen LogP contribution in [0, 0.1) is 5.41 Å². The molecular weight excluding hydrogens is 510 g/mol. The van der Waals surface area contributed by atoms with Gasteiger partial charge in [0.25, 0.3) is 11.8 Å². The summed E-state index contributed by atoms with van der Waals surface area (Å²) in [4.78, 5) is 24.9. The summed E-state index contributed by atoms with van der Waals surface area (Å²) in [6.45, 7) is 7.69. The maximum Gasteiger partial charge on any atom is 0.260 e. The molecule has 2 amide bonds. The molecule has 2 rings (SSSR count). The predicted molar refractivity (Wildman–Crippen MR) is 133 cm³/mol. The highest BCUT2D eigenvalue weighted by Gasteiger charge is 2.24. The van der Waals surface area contributed by atoms with Gasteiger partial charge in [0.15, 0.2) is 12.2 Å². The van der Waals surface area contributed by atoms with Crippen LogP contribution in [0.15, 0.2) is 36.4 Å². The minimum absolute atomic E-state index is 0.311. The molecule has 2 aromatic carbocycles. The van der Waals surface area contributed by atoms with E-state index in [2.05, 4.69) is 10.6 Å². The zero-order valence-corrected chi connectivity index (χ0v) is 21.7. The molecule has 0 aliphatic carbocycles. The highest BCUT2D eigenvalue weighted by molar-refractivity contribution is 6.36. The van der Waals surface area contributed by atoms with Crippen molar-refractivity contribution in [2.45, 2.75) is 39.9 Å². The van der Waals surface area contributed by atoms with Crippen molar-refractivity contribution >= 4 is 58.2 Å². The van der Waals surface area contributed by atoms with Crippen LogP contribution in [0.5, 0.6) is 11.5 Å². The van der Waals surface area contributed by atoms with E-state index in [4.69, 9.17) is 55.9 Å². The highest BCUT2D eigenvalue weighted by Crippen LogP contribution is 2.29. The summed E-state index contributed by atoms with van der Waals surface area (Å²) >= 11 is 23.9. The normalized spacial score (nSPS) is 13.1. The number of hydrogen-bond acceptors (Lipinski definition) is 4. The van der Waals surface area contributed by atoms with Gasteiger partial charge in [0.05, 0.1) is 10.0 Å². The van der Waals surface area contributed by atoms with Gasteiger partial charge in [0.2, 0.25) is 0 Å². The van der Waals surface area contributed by atoms with Gasteiger partial charge in [-0.3, -0.25) is 9.59 Å². The number of amides is 2. The van der Waals surface area contributed by atoms with Crippen molar-refractivity contribution < 1.29 is 19.1 Å². The molecule has 2 unspecified atom stereocenters. The Morgan fingerprint density at radius 1 is 0.788 bits per heavy atom. The molecule has 0 heterocycles. The molecule has 0 fully saturated rings. The smallest absolute Gasteiger partial charge is 0.260 e. The number of halogens is 4. The number of nitrogens with one attached hydrogen (secondary N) is 2. The van der Waals surface area contributed by atoms with Crippen LogP contribution < -0.4 is 20.1 Å². The van der Waals surface area contributed by atoms with Gasteiger partial charge < -0.3 is 20.1 Å². The molecule has 0 saturated heterocycles. The second-order valence-corrected chi connectivity index (χ2v) is 9.96. The second-order valence-electron chi connectivity index (χ2n) is 8.27. The molecule has 0 aromatic heterocycles. The average molecular weight is 536 g/mol. The molecule has 0 bridgehead atoms. The maximum atomic E-state index is 12.4. The Hall–Kier alpha value is -1.86. The molecule has 180 valence electrons. The molecule has 2 atom stereocenters. The molecule has 0 saturated carbocycles. The van der Waals surface area contributed by atoms with Crippen LogP contribution in [-0.4, -0.2) is 37.1 Å². The lowest BCUT2D eigenvalue weighted by atomic mass is 9.93. The first-order chi connectivity index (χ1) is 15.4. The van der Waals surface area contributed by atoms with E-state index in [1.54, 1.807) is 50.2 Å². The van der Waals surface area contributed by atoms with Crippen molar-refractivity contribution in [3.8, 4) is 11.5 Å². The summed E-state index contributed by atoms with van der Waals surface area (Å²) in [6, 6.07) is 9.55. The first-order valence-corrected chi connectivity index (χ1v) is 11.7. The Morgan fingerprint density at radius 3 is 1.48 bits per heavy atom. The topological polar surface area (TPSA) is 76.7 Å². The van der Waals surface area contributed by atoms with Crippen molar-refractivity contribution in [2.24, 2.45) is 5.41 Å². The van der Waals surface area contributed by atoms with E-state index < -0.39 is 17.6 Å². The third-order valence-electron chi connectivity index (χ3n) is 4.62. The molecule has 33 heavy (non-hydrogen) atoms. The van der Waals surface area contributed by atoms with Crippen LogP contribution in [0.1, 0.15) is 27.7 Å². The maximum absolute atomic E-state index is 12.4. The molecule has 2 aromatic rings. The lowest BCUT2D eigenvalue weighted by Crippen LogP contribution is -2.47. The highest BCUT2D eigenvalue weighted by atomic mass is 35.5. The Kier molecular flexibility index (Phi) is 9.98. The van der Waals surface area contributed by atoms with E-state index in [-0.39, 0.29) is 11.8 Å². The molecule has 0 aliphatic rings. The standard InChI is InChI=1S/C23H26Cl4N2O4/c1-13(32-19-7-5-15(24)9-17(19)26)21(30)28-11-23(3,4)12-29-22(31)14(2)33-20-8-6-16(25)10-18(20)27/h5-10,13-14H,11-12H2,1-4H3,(H,28,30)(H,29,31). The Balaban J connectivity index is 1.81. The molecular formula is C23H26Cl4N2O4. The van der Waals surface area contributed by atoms with E-state index in [1.165, 1.54) is 0 Å². The lowest BCUT2D eigenvalue weighted by Gasteiger charge is -2.27. The Bertz CT molecular complexity index is 923. The summed E-state index contributed by atoms with van der Waals surface area (Å²) in [5, 5.41) is 7.26. The third-order valence-corrected chi connectivity index (χ3v) is 5.68. The van der Waals surface area contributed by atoms with E-state index in [9.17, 15) is 9.59 Å². The van der Waals surface area contributed by atoms with Gasteiger partial charge in [0.1, 0.15) is 11.5 Å². The quantitative estimate of drug-likeness (QED) is 0.403. The minimum atomic E-state index is -0.772. The first-order valence-electron chi connectivity index (χ1n) is 10.2. The predicted octanol–water partition coefficient (Wildman–Crippen LogP) is 5.79. The fourth-order valence-electron chi connectivity index (χ4n) is 2.63. The van der Waals surface area contributed by atoms with Crippen molar-refractivity contribution in [3.05, 3.63) is 56.5 Å². The van der Waals surface area contributed by atoms with Gasteiger partial charge in [-0.15, -0.1) is 0 Å². The monoisotopic (exact) mass is 534 g/mol. The van der Waals surface area contributed by atoms with Gasteiger partial charge in [-0.25, -0.2) is 0 Å². The van der Waals surface area contributed by atoms with Crippen LogP contribution in [0.2, 0.25) is 20.1 Å². The lowest BCUT2D eigenvalue weighted by molar-refractivity contribution is -0.128. The number of hydrogen-bond donors (Lipinski definition) is 2.